The summed E-state index contributed by atoms with van der Waals surface area (Å²) in [6, 6.07) is 7.38. The van der Waals surface area contributed by atoms with Gasteiger partial charge in [-0.25, -0.2) is 9.97 Å². The molecule has 8 nitrogen and oxygen atoms in total. The second-order valence-electron chi connectivity index (χ2n) is 5.57. The predicted octanol–water partition coefficient (Wildman–Crippen LogP) is 1.66. The maximum Gasteiger partial charge on any atom is 0.163 e. The summed E-state index contributed by atoms with van der Waals surface area (Å²) >= 11 is 0. The van der Waals surface area contributed by atoms with Gasteiger partial charge in [-0.2, -0.15) is 5.10 Å². The fraction of sp³-hybridized carbons (Fsp3) is 0.353. The third kappa shape index (κ3) is 3.54. The summed E-state index contributed by atoms with van der Waals surface area (Å²) in [6.07, 6.45) is 0.952. The maximum absolute atomic E-state index is 10.5. The van der Waals surface area contributed by atoms with Crippen molar-refractivity contribution in [1.29, 1.82) is 0 Å². The first kappa shape index (κ1) is 17.1. The van der Waals surface area contributed by atoms with E-state index in [-0.39, 0.29) is 6.54 Å². The Hall–Kier alpha value is -2.71. The summed E-state index contributed by atoms with van der Waals surface area (Å²) in [6.45, 7) is 0.568. The van der Waals surface area contributed by atoms with Crippen molar-refractivity contribution in [3.8, 4) is 5.75 Å². The number of nitrogens with one attached hydrogen (secondary N) is 1. The molecule has 0 aliphatic carbocycles. The van der Waals surface area contributed by atoms with E-state index in [9.17, 15) is 5.11 Å². The zero-order valence-corrected chi connectivity index (χ0v) is 14.4. The Morgan fingerprint density at radius 1 is 1.24 bits per heavy atom. The Bertz CT molecular complexity index is 865. The molecule has 0 amide bonds. The van der Waals surface area contributed by atoms with Crippen LogP contribution in [-0.2, 0) is 18.4 Å². The van der Waals surface area contributed by atoms with Crippen LogP contribution in [0.1, 0.15) is 17.5 Å². The van der Waals surface area contributed by atoms with Crippen LogP contribution < -0.4 is 10.1 Å². The molecule has 0 aliphatic heterocycles. The zero-order valence-electron chi connectivity index (χ0n) is 14.4. The van der Waals surface area contributed by atoms with Crippen LogP contribution in [0.3, 0.4) is 0 Å². The largest absolute Gasteiger partial charge is 0.496 e. The molecule has 0 radical (unpaired) electrons. The number of methoxy groups -OCH3 is 2. The van der Waals surface area contributed by atoms with Crippen LogP contribution in [0, 0.1) is 0 Å². The zero-order chi connectivity index (χ0) is 17.8. The smallest absolute Gasteiger partial charge is 0.163 e. The number of ether oxygens (including phenoxy) is 2. The molecule has 0 saturated heterocycles. The van der Waals surface area contributed by atoms with E-state index in [1.807, 2.05) is 31.3 Å². The van der Waals surface area contributed by atoms with Gasteiger partial charge in [0, 0.05) is 26.3 Å². The Balaban J connectivity index is 1.85. The molecule has 0 unspecified atom stereocenters. The molecule has 2 N–H and O–H groups in total. The van der Waals surface area contributed by atoms with E-state index in [0.29, 0.717) is 35.2 Å². The summed E-state index contributed by atoms with van der Waals surface area (Å²) in [5.74, 6) is 1.80. The van der Waals surface area contributed by atoms with Crippen molar-refractivity contribution in [3.63, 3.8) is 0 Å². The fourth-order valence-electron chi connectivity index (χ4n) is 2.64. The van der Waals surface area contributed by atoms with Gasteiger partial charge in [0.1, 0.15) is 18.2 Å². The van der Waals surface area contributed by atoms with Gasteiger partial charge in [0.25, 0.3) is 0 Å². The van der Waals surface area contributed by atoms with Gasteiger partial charge in [-0.15, -0.1) is 0 Å². The fourth-order valence-corrected chi connectivity index (χ4v) is 2.64. The summed E-state index contributed by atoms with van der Waals surface area (Å²) in [4.78, 5) is 8.91. The number of anilines is 1. The third-order valence-electron chi connectivity index (χ3n) is 3.87. The van der Waals surface area contributed by atoms with Crippen LogP contribution in [0.5, 0.6) is 5.75 Å². The lowest BCUT2D eigenvalue weighted by molar-refractivity contribution is 0.178. The summed E-state index contributed by atoms with van der Waals surface area (Å²) in [5, 5.41) is 18.7. The van der Waals surface area contributed by atoms with Crippen molar-refractivity contribution in [2.24, 2.45) is 7.05 Å². The predicted molar refractivity (Wildman–Crippen MR) is 93.5 cm³/mol. The maximum atomic E-state index is 10.5. The molecule has 0 saturated carbocycles. The van der Waals surface area contributed by atoms with E-state index in [0.717, 1.165) is 5.39 Å². The standard InChI is InChI=1S/C17H21N5O3/c1-22-17-12(8-19-22)16(20-15(21-17)10-24-2)18-9-13(23)11-6-4-5-7-14(11)25-3/h4-8,13,23H,9-10H2,1-3H3,(H,18,20,21)/t13-/m1/s1. The number of hydrogen-bond donors (Lipinski definition) is 2. The number of rotatable bonds is 7. The number of fused-ring (bicyclic) bond motifs is 1. The van der Waals surface area contributed by atoms with Gasteiger partial charge in [0.05, 0.1) is 24.8 Å². The molecule has 1 atom stereocenters. The molecule has 0 fully saturated rings. The highest BCUT2D eigenvalue weighted by Gasteiger charge is 2.15. The number of hydrogen-bond acceptors (Lipinski definition) is 7. The Labute approximate surface area is 145 Å². The van der Waals surface area contributed by atoms with Gasteiger partial charge in [-0.05, 0) is 6.07 Å². The molecule has 1 aromatic carbocycles. The molecule has 3 aromatic rings. The first-order valence-electron chi connectivity index (χ1n) is 7.86. The topological polar surface area (TPSA) is 94.3 Å². The van der Waals surface area contributed by atoms with Crippen molar-refractivity contribution in [2.45, 2.75) is 12.7 Å². The molecular formula is C17H21N5O3. The Morgan fingerprint density at radius 3 is 2.80 bits per heavy atom. The molecule has 0 aliphatic rings. The van der Waals surface area contributed by atoms with E-state index in [1.165, 1.54) is 0 Å². The normalized spacial score (nSPS) is 12.3. The molecule has 2 aromatic heterocycles. The number of nitrogens with zero attached hydrogens (tertiary/aromatic N) is 4. The second-order valence-corrected chi connectivity index (χ2v) is 5.57. The van der Waals surface area contributed by atoms with Crippen LogP contribution in [-0.4, -0.2) is 45.6 Å². The van der Waals surface area contributed by atoms with Crippen LogP contribution in [0.15, 0.2) is 30.5 Å². The lowest BCUT2D eigenvalue weighted by atomic mass is 10.1. The highest BCUT2D eigenvalue weighted by atomic mass is 16.5. The minimum Gasteiger partial charge on any atom is -0.496 e. The van der Waals surface area contributed by atoms with Crippen LogP contribution in [0.4, 0.5) is 5.82 Å². The minimum atomic E-state index is -0.747. The lowest BCUT2D eigenvalue weighted by Crippen LogP contribution is -2.15. The first-order valence-corrected chi connectivity index (χ1v) is 7.86. The highest BCUT2D eigenvalue weighted by Crippen LogP contribution is 2.26. The highest BCUT2D eigenvalue weighted by molar-refractivity contribution is 5.86. The molecule has 3 rings (SSSR count). The number of benzene rings is 1. The minimum absolute atomic E-state index is 0.272. The quantitative estimate of drug-likeness (QED) is 0.674. The van der Waals surface area contributed by atoms with Crippen molar-refractivity contribution in [1.82, 2.24) is 19.7 Å². The van der Waals surface area contributed by atoms with E-state index in [4.69, 9.17) is 9.47 Å². The SMILES string of the molecule is COCc1nc(NC[C@@H](O)c2ccccc2OC)c2cnn(C)c2n1. The van der Waals surface area contributed by atoms with Gasteiger partial charge in [-0.3, -0.25) is 4.68 Å². The van der Waals surface area contributed by atoms with Crippen LogP contribution in [0.25, 0.3) is 11.0 Å². The summed E-state index contributed by atoms with van der Waals surface area (Å²) in [7, 11) is 4.99. The van der Waals surface area contributed by atoms with Gasteiger partial charge >= 0.3 is 0 Å². The van der Waals surface area contributed by atoms with Crippen molar-refractivity contribution < 1.29 is 14.6 Å². The Kier molecular flexibility index (Phi) is 5.11. The molecule has 0 spiro atoms. The van der Waals surface area contributed by atoms with Crippen molar-refractivity contribution in [3.05, 3.63) is 41.9 Å². The first-order chi connectivity index (χ1) is 12.1. The van der Waals surface area contributed by atoms with Gasteiger partial charge in [0.2, 0.25) is 0 Å². The van der Waals surface area contributed by atoms with E-state index < -0.39 is 6.10 Å². The van der Waals surface area contributed by atoms with Gasteiger partial charge < -0.3 is 19.9 Å². The van der Waals surface area contributed by atoms with E-state index in [2.05, 4.69) is 20.4 Å². The number of aliphatic hydroxyl groups excluding tert-OH is 1. The average molecular weight is 343 g/mol. The number of para-hydroxylation sites is 1. The van der Waals surface area contributed by atoms with Crippen molar-refractivity contribution >= 4 is 16.9 Å². The third-order valence-corrected chi connectivity index (χ3v) is 3.87. The average Bonchev–Trinajstić information content (AvgIpc) is 3.01. The molecular weight excluding hydrogens is 322 g/mol. The molecule has 2 heterocycles. The Morgan fingerprint density at radius 2 is 2.04 bits per heavy atom. The second kappa shape index (κ2) is 7.45. The van der Waals surface area contributed by atoms with Crippen LogP contribution in [0.2, 0.25) is 0 Å². The van der Waals surface area contributed by atoms with Crippen molar-refractivity contribution in [2.75, 3.05) is 26.1 Å². The van der Waals surface area contributed by atoms with E-state index >= 15 is 0 Å². The molecule has 25 heavy (non-hydrogen) atoms. The number of aromatic nitrogens is 4. The lowest BCUT2D eigenvalue weighted by Gasteiger charge is -2.16. The summed E-state index contributed by atoms with van der Waals surface area (Å²) < 4.78 is 12.1. The van der Waals surface area contributed by atoms with E-state index in [1.54, 1.807) is 25.1 Å². The number of aliphatic hydroxyl groups is 1. The van der Waals surface area contributed by atoms with Gasteiger partial charge in [-0.1, -0.05) is 18.2 Å². The van der Waals surface area contributed by atoms with Crippen LogP contribution >= 0.6 is 0 Å². The molecule has 132 valence electrons. The molecule has 8 heteroatoms. The summed E-state index contributed by atoms with van der Waals surface area (Å²) in [5.41, 5.74) is 1.42. The number of aryl methyl sites for hydroxylation is 1. The monoisotopic (exact) mass is 343 g/mol. The van der Waals surface area contributed by atoms with Gasteiger partial charge in [0.15, 0.2) is 11.5 Å². The molecule has 0 bridgehead atoms.